The molecule has 0 aromatic heterocycles. The van der Waals surface area contributed by atoms with Gasteiger partial charge in [0.1, 0.15) is 6.04 Å². The number of fused-ring (bicyclic) bond motifs is 1. The first-order valence-corrected chi connectivity index (χ1v) is 7.45. The molecule has 0 saturated heterocycles. The second-order valence-electron chi connectivity index (χ2n) is 5.45. The van der Waals surface area contributed by atoms with E-state index in [9.17, 15) is 9.59 Å². The Morgan fingerprint density at radius 3 is 2.90 bits per heavy atom. The summed E-state index contributed by atoms with van der Waals surface area (Å²) in [4.78, 5) is 25.8. The van der Waals surface area contributed by atoms with E-state index >= 15 is 0 Å². The molecule has 0 aliphatic carbocycles. The number of benzene rings is 1. The second kappa shape index (κ2) is 6.61. The van der Waals surface area contributed by atoms with Crippen LogP contribution >= 0.6 is 0 Å². The van der Waals surface area contributed by atoms with E-state index in [1.807, 2.05) is 19.1 Å². The van der Waals surface area contributed by atoms with Gasteiger partial charge in [0.15, 0.2) is 0 Å². The van der Waals surface area contributed by atoms with Crippen LogP contribution in [0.5, 0.6) is 0 Å². The maximum Gasteiger partial charge on any atom is 0.251 e. The molecule has 0 saturated carbocycles. The molecule has 1 atom stereocenters. The number of rotatable bonds is 4. The topological polar surface area (TPSA) is 61.4 Å². The third-order valence-electron chi connectivity index (χ3n) is 3.87. The van der Waals surface area contributed by atoms with Crippen LogP contribution in [0.3, 0.4) is 0 Å². The number of anilines is 1. The Hall–Kier alpha value is -2.04. The lowest BCUT2D eigenvalue weighted by Gasteiger charge is -2.21. The number of aryl methyl sites for hydroxylation is 1. The lowest BCUT2D eigenvalue weighted by atomic mass is 10.0. The molecular formula is C16H23N3O2. The summed E-state index contributed by atoms with van der Waals surface area (Å²) in [7, 11) is 1.73. The number of nitrogens with zero attached hydrogens (tertiary/aromatic N) is 1. The molecule has 0 fully saturated rings. The number of carbonyl (C=O) groups is 2. The van der Waals surface area contributed by atoms with Gasteiger partial charge in [-0.05, 0) is 50.5 Å². The molecule has 5 heteroatoms. The Morgan fingerprint density at radius 1 is 1.43 bits per heavy atom. The minimum Gasteiger partial charge on any atom is -0.385 e. The van der Waals surface area contributed by atoms with E-state index < -0.39 is 6.04 Å². The quantitative estimate of drug-likeness (QED) is 0.886. The molecule has 114 valence electrons. The molecular weight excluding hydrogens is 266 g/mol. The predicted octanol–water partition coefficient (Wildman–Crippen LogP) is 1.64. The van der Waals surface area contributed by atoms with Gasteiger partial charge in [0.25, 0.3) is 5.91 Å². The molecule has 0 radical (unpaired) electrons. The van der Waals surface area contributed by atoms with Crippen molar-refractivity contribution in [3.8, 4) is 0 Å². The fourth-order valence-corrected chi connectivity index (χ4v) is 2.44. The van der Waals surface area contributed by atoms with E-state index in [0.29, 0.717) is 12.1 Å². The zero-order chi connectivity index (χ0) is 15.4. The number of amides is 2. The van der Waals surface area contributed by atoms with E-state index in [-0.39, 0.29) is 11.8 Å². The van der Waals surface area contributed by atoms with Crippen LogP contribution in [0.1, 0.15) is 36.2 Å². The van der Waals surface area contributed by atoms with Crippen molar-refractivity contribution in [1.82, 2.24) is 10.2 Å². The van der Waals surface area contributed by atoms with Crippen molar-refractivity contribution in [2.45, 2.75) is 32.7 Å². The zero-order valence-corrected chi connectivity index (χ0v) is 12.9. The lowest BCUT2D eigenvalue weighted by Crippen LogP contribution is -2.45. The summed E-state index contributed by atoms with van der Waals surface area (Å²) in [5.41, 5.74) is 2.88. The Bertz CT molecular complexity index is 542. The summed E-state index contributed by atoms with van der Waals surface area (Å²) in [6.07, 6.45) is 2.06. The maximum absolute atomic E-state index is 12.3. The third kappa shape index (κ3) is 3.54. The van der Waals surface area contributed by atoms with Gasteiger partial charge < -0.3 is 15.5 Å². The maximum atomic E-state index is 12.3. The van der Waals surface area contributed by atoms with Crippen LogP contribution in [0, 0.1) is 0 Å². The van der Waals surface area contributed by atoms with Crippen molar-refractivity contribution in [3.63, 3.8) is 0 Å². The zero-order valence-electron chi connectivity index (χ0n) is 12.9. The summed E-state index contributed by atoms with van der Waals surface area (Å²) in [5, 5.41) is 6.09. The summed E-state index contributed by atoms with van der Waals surface area (Å²) in [5.74, 6) is -0.279. The largest absolute Gasteiger partial charge is 0.385 e. The molecule has 1 aromatic rings. The first-order valence-electron chi connectivity index (χ1n) is 7.45. The van der Waals surface area contributed by atoms with Gasteiger partial charge in [-0.1, -0.05) is 0 Å². The Morgan fingerprint density at radius 2 is 2.19 bits per heavy atom. The Labute approximate surface area is 125 Å². The number of hydrogen-bond acceptors (Lipinski definition) is 3. The minimum absolute atomic E-state index is 0.0783. The first kappa shape index (κ1) is 15.4. The minimum atomic E-state index is -0.517. The summed E-state index contributed by atoms with van der Waals surface area (Å²) in [6.45, 7) is 5.23. The molecule has 1 aliphatic heterocycles. The first-order chi connectivity index (χ1) is 10.0. The summed E-state index contributed by atoms with van der Waals surface area (Å²) < 4.78 is 0. The van der Waals surface area contributed by atoms with Gasteiger partial charge in [0.05, 0.1) is 0 Å². The van der Waals surface area contributed by atoms with Gasteiger partial charge in [-0.2, -0.15) is 0 Å². The van der Waals surface area contributed by atoms with Crippen LogP contribution in [-0.4, -0.2) is 42.9 Å². The van der Waals surface area contributed by atoms with Crippen LogP contribution < -0.4 is 10.6 Å². The molecule has 21 heavy (non-hydrogen) atoms. The number of hydrogen-bond donors (Lipinski definition) is 2. The average molecular weight is 289 g/mol. The summed E-state index contributed by atoms with van der Waals surface area (Å²) in [6, 6.07) is 5.13. The lowest BCUT2D eigenvalue weighted by molar-refractivity contribution is -0.131. The average Bonchev–Trinajstić information content (AvgIpc) is 2.52. The van der Waals surface area contributed by atoms with Gasteiger partial charge in [-0.25, -0.2) is 0 Å². The van der Waals surface area contributed by atoms with Crippen molar-refractivity contribution in [3.05, 3.63) is 29.3 Å². The highest BCUT2D eigenvalue weighted by Crippen LogP contribution is 2.22. The summed E-state index contributed by atoms with van der Waals surface area (Å²) >= 11 is 0. The van der Waals surface area contributed by atoms with Gasteiger partial charge in [-0.3, -0.25) is 9.59 Å². The van der Waals surface area contributed by atoms with Crippen molar-refractivity contribution >= 4 is 17.5 Å². The van der Waals surface area contributed by atoms with Gasteiger partial charge >= 0.3 is 0 Å². The molecule has 2 N–H and O–H groups in total. The van der Waals surface area contributed by atoms with Crippen LogP contribution in [-0.2, 0) is 11.2 Å². The van der Waals surface area contributed by atoms with Crippen molar-refractivity contribution in [2.75, 3.05) is 25.5 Å². The molecule has 2 rings (SSSR count). The van der Waals surface area contributed by atoms with Gasteiger partial charge in [0.2, 0.25) is 5.91 Å². The SMILES string of the molecule is CCN(C)C(=O)C(C)NC(=O)c1ccc2c(c1)CCCN2. The van der Waals surface area contributed by atoms with Crippen LogP contribution in [0.25, 0.3) is 0 Å². The van der Waals surface area contributed by atoms with E-state index in [4.69, 9.17) is 0 Å². The third-order valence-corrected chi connectivity index (χ3v) is 3.87. The molecule has 1 unspecified atom stereocenters. The highest BCUT2D eigenvalue weighted by atomic mass is 16.2. The second-order valence-corrected chi connectivity index (χ2v) is 5.45. The molecule has 1 aliphatic rings. The number of likely N-dealkylation sites (N-methyl/N-ethyl adjacent to an activating group) is 1. The number of nitrogens with one attached hydrogen (secondary N) is 2. The highest BCUT2D eigenvalue weighted by Gasteiger charge is 2.20. The molecule has 0 spiro atoms. The molecule has 5 nitrogen and oxygen atoms in total. The molecule has 1 heterocycles. The molecule has 2 amide bonds. The van der Waals surface area contributed by atoms with E-state index in [1.54, 1.807) is 24.9 Å². The Kier molecular flexibility index (Phi) is 4.83. The van der Waals surface area contributed by atoms with Gasteiger partial charge in [0, 0.05) is 31.4 Å². The smallest absolute Gasteiger partial charge is 0.251 e. The standard InChI is InChI=1S/C16H23N3O2/c1-4-19(3)16(21)11(2)18-15(20)13-7-8-14-12(10-13)6-5-9-17-14/h7-8,10-11,17H,4-6,9H2,1-3H3,(H,18,20). The fourth-order valence-electron chi connectivity index (χ4n) is 2.44. The molecule has 1 aromatic carbocycles. The van der Waals surface area contributed by atoms with Crippen molar-refractivity contribution < 1.29 is 9.59 Å². The van der Waals surface area contributed by atoms with Gasteiger partial charge in [-0.15, -0.1) is 0 Å². The Balaban J connectivity index is 2.05. The molecule has 0 bridgehead atoms. The fraction of sp³-hybridized carbons (Fsp3) is 0.500. The predicted molar refractivity (Wildman–Crippen MR) is 83.5 cm³/mol. The van der Waals surface area contributed by atoms with Crippen LogP contribution in [0.2, 0.25) is 0 Å². The van der Waals surface area contributed by atoms with Crippen LogP contribution in [0.4, 0.5) is 5.69 Å². The van der Waals surface area contributed by atoms with Crippen molar-refractivity contribution in [1.29, 1.82) is 0 Å². The number of carbonyl (C=O) groups excluding carboxylic acids is 2. The monoisotopic (exact) mass is 289 g/mol. The van der Waals surface area contributed by atoms with E-state index in [1.165, 1.54) is 5.56 Å². The highest BCUT2D eigenvalue weighted by molar-refractivity contribution is 5.98. The normalized spacial score (nSPS) is 14.6. The van der Waals surface area contributed by atoms with Crippen molar-refractivity contribution in [2.24, 2.45) is 0 Å². The van der Waals surface area contributed by atoms with E-state index in [2.05, 4.69) is 10.6 Å². The van der Waals surface area contributed by atoms with E-state index in [0.717, 1.165) is 25.1 Å². The van der Waals surface area contributed by atoms with Crippen LogP contribution in [0.15, 0.2) is 18.2 Å².